The zero-order valence-electron chi connectivity index (χ0n) is 11.0. The molecule has 0 saturated carbocycles. The summed E-state index contributed by atoms with van der Waals surface area (Å²) in [5.41, 5.74) is 0.921. The van der Waals surface area contributed by atoms with Gasteiger partial charge >= 0.3 is 0 Å². The zero-order chi connectivity index (χ0) is 13.5. The Morgan fingerprint density at radius 1 is 1.22 bits per heavy atom. The maximum Gasteiger partial charge on any atom is 0.0813 e. The van der Waals surface area contributed by atoms with Gasteiger partial charge in [-0.1, -0.05) is 34.1 Å². The molecular formula is C14H22BrNO2. The van der Waals surface area contributed by atoms with E-state index < -0.39 is 6.10 Å². The van der Waals surface area contributed by atoms with Crippen molar-refractivity contribution in [3.63, 3.8) is 0 Å². The third kappa shape index (κ3) is 4.69. The van der Waals surface area contributed by atoms with Crippen LogP contribution in [0.1, 0.15) is 31.9 Å². The summed E-state index contributed by atoms with van der Waals surface area (Å²) in [6, 6.07) is 8.11. The van der Waals surface area contributed by atoms with Gasteiger partial charge in [-0.3, -0.25) is 4.90 Å². The van der Waals surface area contributed by atoms with Crippen LogP contribution in [-0.2, 0) is 0 Å². The molecule has 1 aromatic rings. The summed E-state index contributed by atoms with van der Waals surface area (Å²) in [4.78, 5) is 2.17. The monoisotopic (exact) mass is 315 g/mol. The lowest BCUT2D eigenvalue weighted by atomic mass is 10.1. The molecule has 0 fully saturated rings. The average molecular weight is 316 g/mol. The Kier molecular flexibility index (Phi) is 6.86. The Bertz CT molecular complexity index is 357. The van der Waals surface area contributed by atoms with Crippen LogP contribution in [0.5, 0.6) is 0 Å². The van der Waals surface area contributed by atoms with E-state index in [9.17, 15) is 5.11 Å². The minimum Gasteiger partial charge on any atom is -0.395 e. The Hall–Kier alpha value is -0.420. The zero-order valence-corrected chi connectivity index (χ0v) is 12.6. The van der Waals surface area contributed by atoms with E-state index in [0.717, 1.165) is 16.6 Å². The quantitative estimate of drug-likeness (QED) is 0.812. The number of hydrogen-bond acceptors (Lipinski definition) is 3. The molecule has 0 amide bonds. The second kappa shape index (κ2) is 7.89. The van der Waals surface area contributed by atoms with E-state index in [1.54, 1.807) is 0 Å². The van der Waals surface area contributed by atoms with Crippen molar-refractivity contribution in [3.05, 3.63) is 34.3 Å². The standard InChI is InChI=1S/C14H22BrNO2/c1-11(2)16(9-10-17)8-7-14(18)12-5-3-4-6-13(12)15/h3-6,11,14,17-18H,7-10H2,1-2H3. The summed E-state index contributed by atoms with van der Waals surface area (Å²) >= 11 is 3.45. The molecule has 1 atom stereocenters. The van der Waals surface area contributed by atoms with Crippen LogP contribution in [0, 0.1) is 0 Å². The summed E-state index contributed by atoms with van der Waals surface area (Å²) in [6.45, 7) is 5.78. The molecular weight excluding hydrogens is 294 g/mol. The highest BCUT2D eigenvalue weighted by molar-refractivity contribution is 9.10. The molecule has 4 heteroatoms. The van der Waals surface area contributed by atoms with Gasteiger partial charge in [0.1, 0.15) is 0 Å². The number of halogens is 1. The van der Waals surface area contributed by atoms with E-state index >= 15 is 0 Å². The van der Waals surface area contributed by atoms with Gasteiger partial charge in [-0.2, -0.15) is 0 Å². The first-order valence-electron chi connectivity index (χ1n) is 6.33. The lowest BCUT2D eigenvalue weighted by Crippen LogP contribution is -2.35. The largest absolute Gasteiger partial charge is 0.395 e. The van der Waals surface area contributed by atoms with Crippen LogP contribution in [-0.4, -0.2) is 40.9 Å². The van der Waals surface area contributed by atoms with E-state index in [2.05, 4.69) is 34.7 Å². The summed E-state index contributed by atoms with van der Waals surface area (Å²) in [5, 5.41) is 19.2. The molecule has 0 aliphatic carbocycles. The first kappa shape index (κ1) is 15.6. The van der Waals surface area contributed by atoms with Crippen LogP contribution in [0.4, 0.5) is 0 Å². The van der Waals surface area contributed by atoms with Gasteiger partial charge in [-0.15, -0.1) is 0 Å². The Balaban J connectivity index is 2.54. The fourth-order valence-corrected chi connectivity index (χ4v) is 2.49. The van der Waals surface area contributed by atoms with Crippen molar-refractivity contribution in [2.45, 2.75) is 32.4 Å². The van der Waals surface area contributed by atoms with Gasteiger partial charge < -0.3 is 10.2 Å². The van der Waals surface area contributed by atoms with E-state index in [4.69, 9.17) is 5.11 Å². The molecule has 0 spiro atoms. The maximum atomic E-state index is 10.2. The van der Waals surface area contributed by atoms with Crippen LogP contribution in [0.3, 0.4) is 0 Å². The molecule has 18 heavy (non-hydrogen) atoms. The third-order valence-electron chi connectivity index (χ3n) is 3.07. The topological polar surface area (TPSA) is 43.7 Å². The predicted octanol–water partition coefficient (Wildman–Crippen LogP) is 2.58. The molecule has 3 nitrogen and oxygen atoms in total. The molecule has 0 bridgehead atoms. The van der Waals surface area contributed by atoms with Crippen LogP contribution >= 0.6 is 15.9 Å². The molecule has 1 aromatic carbocycles. The Morgan fingerprint density at radius 2 is 1.89 bits per heavy atom. The fourth-order valence-electron chi connectivity index (χ4n) is 1.95. The minimum atomic E-state index is -0.472. The van der Waals surface area contributed by atoms with E-state index in [1.807, 2.05) is 24.3 Å². The van der Waals surface area contributed by atoms with Crippen LogP contribution in [0.15, 0.2) is 28.7 Å². The maximum absolute atomic E-state index is 10.2. The number of benzene rings is 1. The van der Waals surface area contributed by atoms with Crippen molar-refractivity contribution in [1.29, 1.82) is 0 Å². The first-order valence-corrected chi connectivity index (χ1v) is 7.13. The number of aliphatic hydroxyl groups is 2. The molecule has 1 rings (SSSR count). The smallest absolute Gasteiger partial charge is 0.0813 e. The van der Waals surface area contributed by atoms with Gasteiger partial charge in [-0.25, -0.2) is 0 Å². The van der Waals surface area contributed by atoms with Gasteiger partial charge in [0.15, 0.2) is 0 Å². The molecule has 0 saturated heterocycles. The average Bonchev–Trinajstić information content (AvgIpc) is 2.34. The van der Waals surface area contributed by atoms with E-state index in [-0.39, 0.29) is 6.61 Å². The van der Waals surface area contributed by atoms with Gasteiger partial charge in [0, 0.05) is 23.6 Å². The summed E-state index contributed by atoms with van der Waals surface area (Å²) in [7, 11) is 0. The normalized spacial score (nSPS) is 13.3. The van der Waals surface area contributed by atoms with Crippen molar-refractivity contribution in [3.8, 4) is 0 Å². The summed E-state index contributed by atoms with van der Waals surface area (Å²) < 4.78 is 0.941. The SMILES string of the molecule is CC(C)N(CCO)CCC(O)c1ccccc1Br. The highest BCUT2D eigenvalue weighted by atomic mass is 79.9. The van der Waals surface area contributed by atoms with Crippen molar-refractivity contribution in [1.82, 2.24) is 4.90 Å². The van der Waals surface area contributed by atoms with Crippen LogP contribution in [0.25, 0.3) is 0 Å². The third-order valence-corrected chi connectivity index (χ3v) is 3.79. The molecule has 0 aromatic heterocycles. The van der Waals surface area contributed by atoms with Gasteiger partial charge in [0.25, 0.3) is 0 Å². The number of aliphatic hydroxyl groups excluding tert-OH is 2. The molecule has 1 unspecified atom stereocenters. The number of nitrogens with zero attached hydrogens (tertiary/aromatic N) is 1. The summed E-state index contributed by atoms with van der Waals surface area (Å²) in [6.07, 6.45) is 0.196. The number of rotatable bonds is 7. The van der Waals surface area contributed by atoms with Crippen molar-refractivity contribution in [2.75, 3.05) is 19.7 Å². The Labute approximate surface area is 118 Å². The predicted molar refractivity (Wildman–Crippen MR) is 77.5 cm³/mol. The lowest BCUT2D eigenvalue weighted by Gasteiger charge is -2.26. The van der Waals surface area contributed by atoms with Crippen molar-refractivity contribution < 1.29 is 10.2 Å². The number of hydrogen-bond donors (Lipinski definition) is 2. The first-order chi connectivity index (χ1) is 8.56. The molecule has 102 valence electrons. The second-order valence-corrected chi connectivity index (χ2v) is 5.53. The highest BCUT2D eigenvalue weighted by Gasteiger charge is 2.14. The van der Waals surface area contributed by atoms with Gasteiger partial charge in [0.2, 0.25) is 0 Å². The second-order valence-electron chi connectivity index (χ2n) is 4.68. The van der Waals surface area contributed by atoms with Gasteiger partial charge in [-0.05, 0) is 31.9 Å². The molecule has 0 heterocycles. The fraction of sp³-hybridized carbons (Fsp3) is 0.571. The van der Waals surface area contributed by atoms with E-state index in [0.29, 0.717) is 19.0 Å². The lowest BCUT2D eigenvalue weighted by molar-refractivity contribution is 0.116. The molecule has 0 aliphatic rings. The van der Waals surface area contributed by atoms with Gasteiger partial charge in [0.05, 0.1) is 12.7 Å². The van der Waals surface area contributed by atoms with E-state index in [1.165, 1.54) is 0 Å². The highest BCUT2D eigenvalue weighted by Crippen LogP contribution is 2.25. The van der Waals surface area contributed by atoms with Crippen LogP contribution < -0.4 is 0 Å². The van der Waals surface area contributed by atoms with Crippen molar-refractivity contribution >= 4 is 15.9 Å². The Morgan fingerprint density at radius 3 is 2.44 bits per heavy atom. The van der Waals surface area contributed by atoms with Crippen molar-refractivity contribution in [2.24, 2.45) is 0 Å². The van der Waals surface area contributed by atoms with Crippen LogP contribution in [0.2, 0.25) is 0 Å². The molecule has 0 aliphatic heterocycles. The minimum absolute atomic E-state index is 0.156. The molecule has 0 radical (unpaired) electrons. The molecule has 2 N–H and O–H groups in total. The summed E-state index contributed by atoms with van der Waals surface area (Å²) in [5.74, 6) is 0.